The topological polar surface area (TPSA) is 116 Å². The zero-order chi connectivity index (χ0) is 16.2. The van der Waals surface area contributed by atoms with Gasteiger partial charge in [-0.25, -0.2) is 4.98 Å². The third-order valence-corrected chi connectivity index (χ3v) is 3.25. The minimum Gasteiger partial charge on any atom is -0.323 e. The molecule has 3 heterocycles. The summed E-state index contributed by atoms with van der Waals surface area (Å²) in [5, 5.41) is 8.98. The van der Waals surface area contributed by atoms with Crippen LogP contribution in [-0.4, -0.2) is 31.1 Å². The Balaban J connectivity index is 1.83. The summed E-state index contributed by atoms with van der Waals surface area (Å²) >= 11 is 0. The predicted molar refractivity (Wildman–Crippen MR) is 83.7 cm³/mol. The van der Waals surface area contributed by atoms with Gasteiger partial charge in [0.05, 0.1) is 18.3 Å². The number of aromatic amines is 2. The molecule has 0 bridgehead atoms. The Morgan fingerprint density at radius 1 is 1.35 bits per heavy atom. The van der Waals surface area contributed by atoms with Crippen molar-refractivity contribution in [3.05, 3.63) is 58.4 Å². The molecule has 3 rings (SSSR count). The van der Waals surface area contributed by atoms with Gasteiger partial charge in [0.25, 0.3) is 5.56 Å². The van der Waals surface area contributed by atoms with E-state index in [2.05, 4.69) is 30.5 Å². The molecule has 23 heavy (non-hydrogen) atoms. The SMILES string of the molecule is Cc1nc(-c2ccccn2)[nH]c(=O)c1CC(=O)Nc1cn[nH]c1. The van der Waals surface area contributed by atoms with Gasteiger partial charge in [0.2, 0.25) is 5.91 Å². The normalized spacial score (nSPS) is 10.5. The van der Waals surface area contributed by atoms with Crippen molar-refractivity contribution in [1.29, 1.82) is 0 Å². The Bertz CT molecular complexity index is 871. The second-order valence-electron chi connectivity index (χ2n) is 4.91. The molecule has 0 fully saturated rings. The number of amides is 1. The Morgan fingerprint density at radius 2 is 2.22 bits per heavy atom. The van der Waals surface area contributed by atoms with Crippen molar-refractivity contribution in [1.82, 2.24) is 25.1 Å². The molecule has 0 aliphatic carbocycles. The van der Waals surface area contributed by atoms with Gasteiger partial charge >= 0.3 is 0 Å². The first-order valence-corrected chi connectivity index (χ1v) is 6.93. The molecular weight excluding hydrogens is 296 g/mol. The molecule has 0 saturated carbocycles. The molecule has 0 aromatic carbocycles. The molecule has 1 amide bonds. The minimum atomic E-state index is -0.347. The van der Waals surface area contributed by atoms with Crippen molar-refractivity contribution in [2.45, 2.75) is 13.3 Å². The van der Waals surface area contributed by atoms with Crippen LogP contribution < -0.4 is 10.9 Å². The van der Waals surface area contributed by atoms with Gasteiger partial charge < -0.3 is 10.3 Å². The molecule has 3 aromatic heterocycles. The number of hydrogen-bond acceptors (Lipinski definition) is 5. The van der Waals surface area contributed by atoms with Crippen LogP contribution in [0.5, 0.6) is 0 Å². The summed E-state index contributed by atoms with van der Waals surface area (Å²) in [6.45, 7) is 1.70. The van der Waals surface area contributed by atoms with Gasteiger partial charge in [-0.15, -0.1) is 0 Å². The lowest BCUT2D eigenvalue weighted by Crippen LogP contribution is -2.23. The summed E-state index contributed by atoms with van der Waals surface area (Å²) in [4.78, 5) is 35.4. The van der Waals surface area contributed by atoms with Crippen molar-refractivity contribution < 1.29 is 4.79 Å². The van der Waals surface area contributed by atoms with E-state index < -0.39 is 0 Å². The fourth-order valence-corrected chi connectivity index (χ4v) is 2.13. The van der Waals surface area contributed by atoms with E-state index in [0.29, 0.717) is 28.5 Å². The van der Waals surface area contributed by atoms with E-state index >= 15 is 0 Å². The summed E-state index contributed by atoms with van der Waals surface area (Å²) in [6, 6.07) is 5.34. The maximum Gasteiger partial charge on any atom is 0.255 e. The number of pyridine rings is 1. The van der Waals surface area contributed by atoms with Crippen LogP contribution in [-0.2, 0) is 11.2 Å². The van der Waals surface area contributed by atoms with E-state index in [1.54, 1.807) is 31.5 Å². The zero-order valence-corrected chi connectivity index (χ0v) is 12.3. The number of carbonyl (C=O) groups excluding carboxylic acids is 1. The molecule has 0 unspecified atom stereocenters. The second-order valence-corrected chi connectivity index (χ2v) is 4.91. The van der Waals surface area contributed by atoms with Gasteiger partial charge in [-0.3, -0.25) is 19.7 Å². The highest BCUT2D eigenvalue weighted by Gasteiger charge is 2.14. The first kappa shape index (κ1) is 14.6. The molecule has 8 heteroatoms. The van der Waals surface area contributed by atoms with Crippen LogP contribution in [0, 0.1) is 6.92 Å². The highest BCUT2D eigenvalue weighted by Crippen LogP contribution is 2.11. The second kappa shape index (κ2) is 6.22. The molecule has 8 nitrogen and oxygen atoms in total. The van der Waals surface area contributed by atoms with Crippen LogP contribution in [0.1, 0.15) is 11.3 Å². The minimum absolute atomic E-state index is 0.0676. The van der Waals surface area contributed by atoms with Gasteiger partial charge in [0, 0.05) is 23.7 Å². The average molecular weight is 310 g/mol. The fourth-order valence-electron chi connectivity index (χ4n) is 2.13. The van der Waals surface area contributed by atoms with E-state index in [1.807, 2.05) is 6.07 Å². The van der Waals surface area contributed by atoms with Crippen molar-refractivity contribution in [3.8, 4) is 11.5 Å². The maximum absolute atomic E-state index is 12.3. The van der Waals surface area contributed by atoms with Crippen molar-refractivity contribution in [2.75, 3.05) is 5.32 Å². The predicted octanol–water partition coefficient (Wildman–Crippen LogP) is 1.04. The number of nitrogens with zero attached hydrogens (tertiary/aromatic N) is 3. The summed E-state index contributed by atoms with van der Waals surface area (Å²) in [5.74, 6) is 0.0690. The molecule has 0 atom stereocenters. The van der Waals surface area contributed by atoms with Crippen molar-refractivity contribution >= 4 is 11.6 Å². The fraction of sp³-hybridized carbons (Fsp3) is 0.133. The molecule has 0 saturated heterocycles. The lowest BCUT2D eigenvalue weighted by atomic mass is 10.1. The van der Waals surface area contributed by atoms with Gasteiger partial charge in [0.1, 0.15) is 5.69 Å². The Kier molecular flexibility index (Phi) is 3.96. The summed E-state index contributed by atoms with van der Waals surface area (Å²) in [5.41, 5.74) is 1.59. The van der Waals surface area contributed by atoms with Crippen LogP contribution in [0.15, 0.2) is 41.6 Å². The quantitative estimate of drug-likeness (QED) is 0.666. The lowest BCUT2D eigenvalue weighted by Gasteiger charge is -2.07. The Labute approximate surface area is 131 Å². The average Bonchev–Trinajstić information content (AvgIpc) is 3.04. The number of anilines is 1. The van der Waals surface area contributed by atoms with Crippen molar-refractivity contribution in [2.24, 2.45) is 0 Å². The third-order valence-electron chi connectivity index (χ3n) is 3.25. The number of nitrogens with one attached hydrogen (secondary N) is 3. The number of aromatic nitrogens is 5. The highest BCUT2D eigenvalue weighted by molar-refractivity contribution is 5.92. The number of rotatable bonds is 4. The van der Waals surface area contributed by atoms with Gasteiger partial charge in [0.15, 0.2) is 5.82 Å². The number of aryl methyl sites for hydroxylation is 1. The van der Waals surface area contributed by atoms with Gasteiger partial charge in [-0.2, -0.15) is 5.10 Å². The first-order chi connectivity index (χ1) is 11.1. The van der Waals surface area contributed by atoms with Crippen LogP contribution in [0.2, 0.25) is 0 Å². The maximum atomic E-state index is 12.3. The molecular formula is C15H14N6O2. The molecule has 116 valence electrons. The van der Waals surface area contributed by atoms with E-state index in [4.69, 9.17) is 0 Å². The lowest BCUT2D eigenvalue weighted by molar-refractivity contribution is -0.115. The van der Waals surface area contributed by atoms with Gasteiger partial charge in [-0.05, 0) is 19.1 Å². The van der Waals surface area contributed by atoms with E-state index in [-0.39, 0.29) is 17.9 Å². The number of carbonyl (C=O) groups is 1. The summed E-state index contributed by atoms with van der Waals surface area (Å²) in [6.07, 6.45) is 4.59. The molecule has 0 aliphatic heterocycles. The largest absolute Gasteiger partial charge is 0.323 e. The third kappa shape index (κ3) is 3.31. The Hall–Kier alpha value is -3.29. The van der Waals surface area contributed by atoms with E-state index in [9.17, 15) is 9.59 Å². The zero-order valence-electron chi connectivity index (χ0n) is 12.3. The van der Waals surface area contributed by atoms with E-state index in [1.165, 1.54) is 6.20 Å². The standard InChI is InChI=1S/C15H14N6O2/c1-9-11(6-13(22)20-10-7-17-18-8-10)15(23)21-14(19-9)12-4-2-3-5-16-12/h2-5,7-8H,6H2,1H3,(H,17,18)(H,20,22)(H,19,21,23). The monoisotopic (exact) mass is 310 g/mol. The van der Waals surface area contributed by atoms with Gasteiger partial charge in [-0.1, -0.05) is 6.07 Å². The van der Waals surface area contributed by atoms with Crippen LogP contribution in [0.4, 0.5) is 5.69 Å². The molecule has 0 radical (unpaired) electrons. The molecule has 3 N–H and O–H groups in total. The number of H-pyrrole nitrogens is 2. The Morgan fingerprint density at radius 3 is 2.87 bits per heavy atom. The van der Waals surface area contributed by atoms with Crippen LogP contribution >= 0.6 is 0 Å². The van der Waals surface area contributed by atoms with E-state index in [0.717, 1.165) is 0 Å². The van der Waals surface area contributed by atoms with Crippen molar-refractivity contribution in [3.63, 3.8) is 0 Å². The first-order valence-electron chi connectivity index (χ1n) is 6.93. The summed E-state index contributed by atoms with van der Waals surface area (Å²) in [7, 11) is 0. The smallest absolute Gasteiger partial charge is 0.255 e. The summed E-state index contributed by atoms with van der Waals surface area (Å²) < 4.78 is 0. The number of hydrogen-bond donors (Lipinski definition) is 3. The molecule has 0 spiro atoms. The highest BCUT2D eigenvalue weighted by atomic mass is 16.2. The van der Waals surface area contributed by atoms with Crippen LogP contribution in [0.25, 0.3) is 11.5 Å². The van der Waals surface area contributed by atoms with Crippen LogP contribution in [0.3, 0.4) is 0 Å². The molecule has 0 aliphatic rings. The molecule has 3 aromatic rings.